The van der Waals surface area contributed by atoms with Crippen LogP contribution in [0.4, 0.5) is 0 Å². The molecule has 0 amide bonds. The molecule has 0 aliphatic heterocycles. The van der Waals surface area contributed by atoms with E-state index in [9.17, 15) is 0 Å². The molecular weight excluding hydrogens is 212 g/mol. The molecule has 0 aliphatic rings. The van der Waals surface area contributed by atoms with Gasteiger partial charge in [-0.15, -0.1) is 11.6 Å². The minimum Gasteiger partial charge on any atom is -0.331 e. The third-order valence-electron chi connectivity index (χ3n) is 2.09. The number of nitrogens with zero attached hydrogens (tertiary/aromatic N) is 4. The highest BCUT2D eigenvalue weighted by atomic mass is 35.5. The number of halogens is 1. The first-order valence-electron chi connectivity index (χ1n) is 4.58. The second kappa shape index (κ2) is 3.98. The van der Waals surface area contributed by atoms with Crippen LogP contribution in [0, 0.1) is 6.92 Å². The van der Waals surface area contributed by atoms with Crippen LogP contribution < -0.4 is 0 Å². The first-order valence-corrected chi connectivity index (χ1v) is 5.11. The Bertz CT molecular complexity index is 478. The van der Waals surface area contributed by atoms with Crippen molar-refractivity contribution in [2.24, 2.45) is 7.05 Å². The Hall–Kier alpha value is -1.42. The van der Waals surface area contributed by atoms with E-state index in [-0.39, 0.29) is 0 Å². The number of rotatable bonds is 2. The smallest absolute Gasteiger partial charge is 0.178 e. The Morgan fingerprint density at radius 3 is 2.80 bits per heavy atom. The molecule has 78 valence electrons. The summed E-state index contributed by atoms with van der Waals surface area (Å²) in [6.45, 7) is 1.93. The van der Waals surface area contributed by atoms with Crippen molar-refractivity contribution in [3.8, 4) is 11.5 Å². The van der Waals surface area contributed by atoms with Crippen molar-refractivity contribution < 1.29 is 0 Å². The first kappa shape index (κ1) is 10.1. The van der Waals surface area contributed by atoms with E-state index < -0.39 is 0 Å². The minimum atomic E-state index is 0.397. The fourth-order valence-electron chi connectivity index (χ4n) is 1.39. The summed E-state index contributed by atoms with van der Waals surface area (Å²) in [7, 11) is 1.91. The van der Waals surface area contributed by atoms with E-state index in [1.807, 2.05) is 24.6 Å². The van der Waals surface area contributed by atoms with Gasteiger partial charge in [0.2, 0.25) is 0 Å². The number of aryl methyl sites for hydroxylation is 2. The highest BCUT2D eigenvalue weighted by Gasteiger charge is 2.07. The molecule has 2 heterocycles. The molecule has 2 rings (SSSR count). The summed E-state index contributed by atoms with van der Waals surface area (Å²) in [5.41, 5.74) is 2.64. The van der Waals surface area contributed by atoms with Crippen LogP contribution in [0.15, 0.2) is 18.6 Å². The van der Waals surface area contributed by atoms with E-state index in [2.05, 4.69) is 15.0 Å². The first-order chi connectivity index (χ1) is 7.20. The maximum Gasteiger partial charge on any atom is 0.178 e. The van der Waals surface area contributed by atoms with Crippen LogP contribution in [-0.4, -0.2) is 19.5 Å². The molecule has 2 aromatic heterocycles. The van der Waals surface area contributed by atoms with Crippen LogP contribution in [0.3, 0.4) is 0 Å². The van der Waals surface area contributed by atoms with Gasteiger partial charge in [-0.3, -0.25) is 0 Å². The van der Waals surface area contributed by atoms with Crippen molar-refractivity contribution in [3.63, 3.8) is 0 Å². The van der Waals surface area contributed by atoms with E-state index in [0.29, 0.717) is 11.7 Å². The highest BCUT2D eigenvalue weighted by molar-refractivity contribution is 6.16. The van der Waals surface area contributed by atoms with Crippen LogP contribution in [0.25, 0.3) is 11.5 Å². The SMILES string of the molecule is Cc1cc(CCl)nc(-c2cncn2C)n1. The number of imidazole rings is 1. The number of hydrogen-bond acceptors (Lipinski definition) is 3. The van der Waals surface area contributed by atoms with Gasteiger partial charge < -0.3 is 4.57 Å². The Morgan fingerprint density at radius 2 is 2.20 bits per heavy atom. The van der Waals surface area contributed by atoms with E-state index in [0.717, 1.165) is 17.1 Å². The van der Waals surface area contributed by atoms with Crippen LogP contribution >= 0.6 is 11.6 Å². The lowest BCUT2D eigenvalue weighted by Gasteiger charge is -2.04. The van der Waals surface area contributed by atoms with Gasteiger partial charge in [0.05, 0.1) is 24.1 Å². The summed E-state index contributed by atoms with van der Waals surface area (Å²) in [5.74, 6) is 1.07. The van der Waals surface area contributed by atoms with Crippen LogP contribution in [0.2, 0.25) is 0 Å². The molecule has 0 aliphatic carbocycles. The zero-order valence-corrected chi connectivity index (χ0v) is 9.36. The topological polar surface area (TPSA) is 43.6 Å². The zero-order chi connectivity index (χ0) is 10.8. The van der Waals surface area contributed by atoms with Crippen molar-refractivity contribution >= 4 is 11.6 Å². The van der Waals surface area contributed by atoms with Crippen molar-refractivity contribution in [1.29, 1.82) is 0 Å². The minimum absolute atomic E-state index is 0.397. The predicted molar refractivity (Wildman–Crippen MR) is 58.5 cm³/mol. The summed E-state index contributed by atoms with van der Waals surface area (Å²) < 4.78 is 1.88. The van der Waals surface area contributed by atoms with Crippen molar-refractivity contribution in [3.05, 3.63) is 30.0 Å². The molecule has 0 radical (unpaired) electrons. The lowest BCUT2D eigenvalue weighted by Crippen LogP contribution is -1.99. The molecule has 15 heavy (non-hydrogen) atoms. The fourth-order valence-corrected chi connectivity index (χ4v) is 1.53. The Labute approximate surface area is 93.0 Å². The van der Waals surface area contributed by atoms with Crippen molar-refractivity contribution in [2.75, 3.05) is 0 Å². The number of alkyl halides is 1. The average molecular weight is 223 g/mol. The Balaban J connectivity index is 2.53. The molecule has 4 nitrogen and oxygen atoms in total. The molecule has 2 aromatic rings. The highest BCUT2D eigenvalue weighted by Crippen LogP contribution is 2.15. The largest absolute Gasteiger partial charge is 0.331 e. The fraction of sp³-hybridized carbons (Fsp3) is 0.300. The molecule has 0 bridgehead atoms. The summed E-state index contributed by atoms with van der Waals surface area (Å²) in [4.78, 5) is 12.7. The van der Waals surface area contributed by atoms with E-state index in [4.69, 9.17) is 11.6 Å². The molecular formula is C10H11ClN4. The lowest BCUT2D eigenvalue weighted by molar-refractivity contribution is 0.901. The molecule has 0 spiro atoms. The van der Waals surface area contributed by atoms with Gasteiger partial charge in [-0.25, -0.2) is 15.0 Å². The molecule has 0 saturated heterocycles. The summed E-state index contributed by atoms with van der Waals surface area (Å²) in [5, 5.41) is 0. The molecule has 0 atom stereocenters. The van der Waals surface area contributed by atoms with Gasteiger partial charge in [-0.05, 0) is 13.0 Å². The van der Waals surface area contributed by atoms with Crippen LogP contribution in [-0.2, 0) is 12.9 Å². The summed E-state index contributed by atoms with van der Waals surface area (Å²) in [6.07, 6.45) is 3.47. The second-order valence-corrected chi connectivity index (χ2v) is 3.61. The molecule has 0 unspecified atom stereocenters. The Kier molecular flexibility index (Phi) is 2.68. The zero-order valence-electron chi connectivity index (χ0n) is 8.61. The molecule has 0 aromatic carbocycles. The van der Waals surface area contributed by atoms with Gasteiger partial charge in [0.25, 0.3) is 0 Å². The van der Waals surface area contributed by atoms with E-state index in [1.165, 1.54) is 0 Å². The van der Waals surface area contributed by atoms with Gasteiger partial charge >= 0.3 is 0 Å². The molecule has 0 saturated carbocycles. The average Bonchev–Trinajstić information content (AvgIpc) is 2.63. The monoisotopic (exact) mass is 222 g/mol. The summed E-state index contributed by atoms with van der Waals surface area (Å²) >= 11 is 5.76. The molecule has 5 heteroatoms. The maximum atomic E-state index is 5.76. The van der Waals surface area contributed by atoms with E-state index >= 15 is 0 Å². The predicted octanol–water partition coefficient (Wildman–Crippen LogP) is 1.92. The normalized spacial score (nSPS) is 10.6. The van der Waals surface area contributed by atoms with Crippen molar-refractivity contribution in [1.82, 2.24) is 19.5 Å². The summed E-state index contributed by atoms with van der Waals surface area (Å²) in [6, 6.07) is 1.88. The number of hydrogen-bond donors (Lipinski definition) is 0. The number of aromatic nitrogens is 4. The van der Waals surface area contributed by atoms with Crippen LogP contribution in [0.1, 0.15) is 11.4 Å². The van der Waals surface area contributed by atoms with Gasteiger partial charge in [0.15, 0.2) is 5.82 Å². The molecule has 0 N–H and O–H groups in total. The second-order valence-electron chi connectivity index (χ2n) is 3.35. The quantitative estimate of drug-likeness (QED) is 0.730. The van der Waals surface area contributed by atoms with E-state index in [1.54, 1.807) is 12.5 Å². The van der Waals surface area contributed by atoms with Crippen LogP contribution in [0.5, 0.6) is 0 Å². The molecule has 0 fully saturated rings. The standard InChI is InChI=1S/C10H11ClN4/c1-7-3-8(4-11)14-10(13-7)9-5-12-6-15(9)2/h3,5-6H,4H2,1-2H3. The Morgan fingerprint density at radius 1 is 1.40 bits per heavy atom. The van der Waals surface area contributed by atoms with Gasteiger partial charge in [-0.1, -0.05) is 0 Å². The third-order valence-corrected chi connectivity index (χ3v) is 2.36. The third kappa shape index (κ3) is 1.99. The lowest BCUT2D eigenvalue weighted by atomic mass is 10.3. The van der Waals surface area contributed by atoms with Gasteiger partial charge in [-0.2, -0.15) is 0 Å². The van der Waals surface area contributed by atoms with Gasteiger partial charge in [0.1, 0.15) is 5.69 Å². The van der Waals surface area contributed by atoms with Gasteiger partial charge in [0, 0.05) is 12.7 Å². The maximum absolute atomic E-state index is 5.76. The van der Waals surface area contributed by atoms with Crippen molar-refractivity contribution in [2.45, 2.75) is 12.8 Å².